The molecule has 1 aliphatic rings. The lowest BCUT2D eigenvalue weighted by atomic mass is 10.1. The number of amides is 1. The maximum atomic E-state index is 10.9. The Morgan fingerprint density at radius 1 is 1.58 bits per heavy atom. The largest absolute Gasteiger partial charge is 0.354 e. The van der Waals surface area contributed by atoms with E-state index in [1.54, 1.807) is 0 Å². The molecule has 2 N–H and O–H groups in total. The van der Waals surface area contributed by atoms with Crippen molar-refractivity contribution in [3.8, 4) is 0 Å². The highest BCUT2D eigenvalue weighted by Gasteiger charge is 2.22. The van der Waals surface area contributed by atoms with Crippen molar-refractivity contribution >= 4 is 5.91 Å². The first-order valence-electron chi connectivity index (χ1n) is 4.79. The lowest BCUT2D eigenvalue weighted by Crippen LogP contribution is -2.38. The smallest absolute Gasteiger partial charge is 0.221 e. The minimum absolute atomic E-state index is 0.179. The summed E-state index contributed by atoms with van der Waals surface area (Å²) in [4.78, 5) is 10.9. The second-order valence-corrected chi connectivity index (χ2v) is 3.39. The van der Waals surface area contributed by atoms with Crippen LogP contribution in [-0.4, -0.2) is 24.5 Å². The second-order valence-electron chi connectivity index (χ2n) is 3.39. The molecular weight excluding hydrogens is 152 g/mol. The molecule has 1 atom stereocenters. The van der Waals surface area contributed by atoms with E-state index in [2.05, 4.69) is 24.5 Å². The molecular formula is C9H18N2O. The van der Waals surface area contributed by atoms with Gasteiger partial charge in [0.15, 0.2) is 0 Å². The Balaban J connectivity index is 2.26. The van der Waals surface area contributed by atoms with E-state index in [0.717, 1.165) is 19.4 Å². The minimum atomic E-state index is 0.179. The Labute approximate surface area is 73.9 Å². The van der Waals surface area contributed by atoms with Crippen molar-refractivity contribution in [2.75, 3.05) is 6.54 Å². The molecule has 70 valence electrons. The Hall–Kier alpha value is -0.570. The Morgan fingerprint density at radius 2 is 2.25 bits per heavy atom. The van der Waals surface area contributed by atoms with Crippen molar-refractivity contribution in [1.29, 1.82) is 0 Å². The van der Waals surface area contributed by atoms with Crippen LogP contribution in [0.15, 0.2) is 0 Å². The zero-order chi connectivity index (χ0) is 8.97. The van der Waals surface area contributed by atoms with Gasteiger partial charge in [0.25, 0.3) is 0 Å². The zero-order valence-corrected chi connectivity index (χ0v) is 7.89. The lowest BCUT2D eigenvalue weighted by Gasteiger charge is -2.18. The summed E-state index contributed by atoms with van der Waals surface area (Å²) in [6.07, 6.45) is 2.93. The average molecular weight is 170 g/mol. The summed E-state index contributed by atoms with van der Waals surface area (Å²) in [5.41, 5.74) is 0. The van der Waals surface area contributed by atoms with E-state index in [0.29, 0.717) is 18.5 Å². The van der Waals surface area contributed by atoms with Crippen molar-refractivity contribution in [3.05, 3.63) is 0 Å². The summed E-state index contributed by atoms with van der Waals surface area (Å²) in [5.74, 6) is 0.179. The fraction of sp³-hybridized carbons (Fsp3) is 0.889. The molecule has 3 heteroatoms. The average Bonchev–Trinajstić information content (AvgIpc) is 2.47. The van der Waals surface area contributed by atoms with E-state index in [1.807, 2.05) is 0 Å². The molecule has 0 saturated carbocycles. The Kier molecular flexibility index (Phi) is 3.53. The van der Waals surface area contributed by atoms with Crippen molar-refractivity contribution < 1.29 is 4.79 Å². The molecule has 0 bridgehead atoms. The number of rotatable bonds is 4. The van der Waals surface area contributed by atoms with Gasteiger partial charge in [-0.1, -0.05) is 13.8 Å². The molecule has 0 spiro atoms. The second kappa shape index (κ2) is 4.45. The van der Waals surface area contributed by atoms with Gasteiger partial charge in [-0.05, 0) is 12.8 Å². The number of carbonyl (C=O) groups is 1. The molecule has 1 saturated heterocycles. The predicted octanol–water partition coefficient (Wildman–Crippen LogP) is 0.653. The van der Waals surface area contributed by atoms with Crippen molar-refractivity contribution in [1.82, 2.24) is 10.6 Å². The van der Waals surface area contributed by atoms with E-state index in [9.17, 15) is 4.79 Å². The van der Waals surface area contributed by atoms with E-state index < -0.39 is 0 Å². The van der Waals surface area contributed by atoms with E-state index in [4.69, 9.17) is 0 Å². The molecule has 1 unspecified atom stereocenters. The lowest BCUT2D eigenvalue weighted by molar-refractivity contribution is -0.119. The topological polar surface area (TPSA) is 41.1 Å². The van der Waals surface area contributed by atoms with Gasteiger partial charge in [0.2, 0.25) is 5.91 Å². The maximum Gasteiger partial charge on any atom is 0.221 e. The third-order valence-electron chi connectivity index (χ3n) is 2.43. The highest BCUT2D eigenvalue weighted by molar-refractivity contribution is 5.78. The molecule has 0 radical (unpaired) electrons. The van der Waals surface area contributed by atoms with Gasteiger partial charge in [-0.15, -0.1) is 0 Å². The monoisotopic (exact) mass is 170 g/mol. The number of carbonyl (C=O) groups excluding carboxylic acids is 1. The van der Waals surface area contributed by atoms with Crippen LogP contribution in [0.2, 0.25) is 0 Å². The van der Waals surface area contributed by atoms with Crippen LogP contribution in [0.3, 0.4) is 0 Å². The minimum Gasteiger partial charge on any atom is -0.354 e. The first kappa shape index (κ1) is 9.52. The van der Waals surface area contributed by atoms with Crippen LogP contribution in [0.5, 0.6) is 0 Å². The van der Waals surface area contributed by atoms with Gasteiger partial charge < -0.3 is 10.6 Å². The quantitative estimate of drug-likeness (QED) is 0.650. The van der Waals surface area contributed by atoms with Crippen molar-refractivity contribution in [3.63, 3.8) is 0 Å². The molecule has 0 aromatic carbocycles. The number of hydrogen-bond donors (Lipinski definition) is 2. The first-order valence-corrected chi connectivity index (χ1v) is 4.79. The molecule has 1 aliphatic heterocycles. The fourth-order valence-electron chi connectivity index (χ4n) is 1.58. The highest BCUT2D eigenvalue weighted by atomic mass is 16.1. The van der Waals surface area contributed by atoms with E-state index in [1.165, 1.54) is 0 Å². The standard InChI is InChI=1S/C9H18N2O/c1-3-7(4-2)11-8-5-9(12)10-6-8/h7-8,11H,3-6H2,1-2H3,(H,10,12). The molecule has 12 heavy (non-hydrogen) atoms. The first-order chi connectivity index (χ1) is 5.76. The Bertz CT molecular complexity index is 155. The molecule has 0 aromatic heterocycles. The summed E-state index contributed by atoms with van der Waals surface area (Å²) in [5, 5.41) is 6.28. The molecule has 1 amide bonds. The van der Waals surface area contributed by atoms with Crippen LogP contribution in [0.25, 0.3) is 0 Å². The number of hydrogen-bond acceptors (Lipinski definition) is 2. The molecule has 0 aliphatic carbocycles. The SMILES string of the molecule is CCC(CC)NC1CNC(=O)C1. The van der Waals surface area contributed by atoms with Gasteiger partial charge in [-0.2, -0.15) is 0 Å². The van der Waals surface area contributed by atoms with Crippen LogP contribution in [0.4, 0.5) is 0 Å². The summed E-state index contributed by atoms with van der Waals surface area (Å²) in [6.45, 7) is 5.14. The summed E-state index contributed by atoms with van der Waals surface area (Å²) < 4.78 is 0. The summed E-state index contributed by atoms with van der Waals surface area (Å²) in [7, 11) is 0. The third kappa shape index (κ3) is 2.48. The highest BCUT2D eigenvalue weighted by Crippen LogP contribution is 2.04. The van der Waals surface area contributed by atoms with Crippen LogP contribution in [0.1, 0.15) is 33.1 Å². The Morgan fingerprint density at radius 3 is 2.67 bits per heavy atom. The van der Waals surface area contributed by atoms with Crippen LogP contribution in [0, 0.1) is 0 Å². The maximum absolute atomic E-state index is 10.9. The molecule has 1 heterocycles. The van der Waals surface area contributed by atoms with Gasteiger partial charge in [0, 0.05) is 25.0 Å². The van der Waals surface area contributed by atoms with Gasteiger partial charge in [-0.25, -0.2) is 0 Å². The van der Waals surface area contributed by atoms with Gasteiger partial charge in [0.05, 0.1) is 0 Å². The van der Waals surface area contributed by atoms with E-state index >= 15 is 0 Å². The van der Waals surface area contributed by atoms with Gasteiger partial charge >= 0.3 is 0 Å². The van der Waals surface area contributed by atoms with Gasteiger partial charge in [-0.3, -0.25) is 4.79 Å². The van der Waals surface area contributed by atoms with Crippen molar-refractivity contribution in [2.24, 2.45) is 0 Å². The molecule has 0 aromatic rings. The van der Waals surface area contributed by atoms with Crippen LogP contribution >= 0.6 is 0 Å². The normalized spacial score (nSPS) is 23.2. The predicted molar refractivity (Wildman–Crippen MR) is 48.9 cm³/mol. The van der Waals surface area contributed by atoms with E-state index in [-0.39, 0.29) is 5.91 Å². The van der Waals surface area contributed by atoms with Gasteiger partial charge in [0.1, 0.15) is 0 Å². The molecule has 3 nitrogen and oxygen atoms in total. The summed E-state index contributed by atoms with van der Waals surface area (Å²) in [6, 6.07) is 0.935. The number of nitrogens with one attached hydrogen (secondary N) is 2. The van der Waals surface area contributed by atoms with Crippen LogP contribution < -0.4 is 10.6 Å². The molecule has 1 rings (SSSR count). The zero-order valence-electron chi connectivity index (χ0n) is 7.89. The molecule has 1 fully saturated rings. The van der Waals surface area contributed by atoms with Crippen molar-refractivity contribution in [2.45, 2.75) is 45.2 Å². The third-order valence-corrected chi connectivity index (χ3v) is 2.43. The fourth-order valence-corrected chi connectivity index (χ4v) is 1.58. The van der Waals surface area contributed by atoms with Crippen LogP contribution in [-0.2, 0) is 4.79 Å². The summed E-state index contributed by atoms with van der Waals surface area (Å²) >= 11 is 0.